The molecular weight excluding hydrogens is 372 g/mol. The molecule has 0 aliphatic carbocycles. The summed E-state index contributed by atoms with van der Waals surface area (Å²) in [5.41, 5.74) is 2.09. The van der Waals surface area contributed by atoms with Crippen LogP contribution in [-0.4, -0.2) is 34.8 Å². The zero-order valence-corrected chi connectivity index (χ0v) is 16.5. The van der Waals surface area contributed by atoms with Crippen LogP contribution in [0, 0.1) is 0 Å². The maximum Gasteiger partial charge on any atom is 0.318 e. The predicted octanol–water partition coefficient (Wildman–Crippen LogP) is 4.26. The summed E-state index contributed by atoms with van der Waals surface area (Å²) < 4.78 is 5.48. The van der Waals surface area contributed by atoms with Crippen molar-refractivity contribution in [3.63, 3.8) is 0 Å². The number of nitrogens with one attached hydrogen (secondary N) is 1. The van der Waals surface area contributed by atoms with Gasteiger partial charge in [-0.2, -0.15) is 0 Å². The Morgan fingerprint density at radius 2 is 1.96 bits per heavy atom. The third kappa shape index (κ3) is 3.84. The number of carbonyl (C=O) groups excluding carboxylic acids is 1. The number of ether oxygens (including phenoxy) is 1. The van der Waals surface area contributed by atoms with E-state index in [9.17, 15) is 4.79 Å². The van der Waals surface area contributed by atoms with Crippen LogP contribution in [0.1, 0.15) is 29.5 Å². The van der Waals surface area contributed by atoms with Crippen molar-refractivity contribution in [3.8, 4) is 16.3 Å². The Morgan fingerprint density at radius 3 is 2.79 bits per heavy atom. The van der Waals surface area contributed by atoms with E-state index in [1.54, 1.807) is 7.11 Å². The average Bonchev–Trinajstić information content (AvgIpc) is 3.42. The summed E-state index contributed by atoms with van der Waals surface area (Å²) in [5, 5.41) is 13.1. The molecule has 0 radical (unpaired) electrons. The summed E-state index contributed by atoms with van der Waals surface area (Å²) in [7, 11) is 1.66. The van der Waals surface area contributed by atoms with Crippen molar-refractivity contribution in [2.45, 2.75) is 25.4 Å². The summed E-state index contributed by atoms with van der Waals surface area (Å²) in [6.45, 7) is 1.11. The number of likely N-dealkylation sites (tertiary alicyclic amines) is 1. The van der Waals surface area contributed by atoms with Crippen molar-refractivity contribution in [1.82, 2.24) is 20.4 Å². The molecule has 1 aromatic heterocycles. The van der Waals surface area contributed by atoms with Crippen LogP contribution < -0.4 is 10.1 Å². The van der Waals surface area contributed by atoms with E-state index >= 15 is 0 Å². The highest BCUT2D eigenvalue weighted by Crippen LogP contribution is 2.36. The minimum atomic E-state index is -0.0788. The van der Waals surface area contributed by atoms with Gasteiger partial charge in [0.25, 0.3) is 0 Å². The third-order valence-corrected chi connectivity index (χ3v) is 5.86. The number of carbonyl (C=O) groups is 1. The molecule has 6 nitrogen and oxygen atoms in total. The summed E-state index contributed by atoms with van der Waals surface area (Å²) in [5.74, 6) is 0.823. The van der Waals surface area contributed by atoms with E-state index in [-0.39, 0.29) is 12.1 Å². The number of hydrogen-bond acceptors (Lipinski definition) is 5. The molecule has 7 heteroatoms. The number of aromatic nitrogens is 2. The first kappa shape index (κ1) is 18.4. The van der Waals surface area contributed by atoms with E-state index in [0.717, 1.165) is 46.3 Å². The van der Waals surface area contributed by atoms with E-state index in [1.165, 1.54) is 11.3 Å². The second kappa shape index (κ2) is 8.39. The topological polar surface area (TPSA) is 67.3 Å². The molecule has 1 saturated heterocycles. The van der Waals surface area contributed by atoms with Gasteiger partial charge in [-0.15, -0.1) is 10.2 Å². The lowest BCUT2D eigenvalue weighted by Crippen LogP contribution is -2.39. The molecule has 2 amide bonds. The van der Waals surface area contributed by atoms with Gasteiger partial charge in [0, 0.05) is 17.7 Å². The summed E-state index contributed by atoms with van der Waals surface area (Å²) in [6.07, 6.45) is 1.91. The van der Waals surface area contributed by atoms with Crippen molar-refractivity contribution >= 4 is 17.4 Å². The SMILES string of the molecule is COc1ccccc1C1CCCN1C(=O)NCc1nnc(-c2ccccc2)s1. The first-order valence-corrected chi connectivity index (χ1v) is 10.1. The van der Waals surface area contributed by atoms with Gasteiger partial charge in [0.2, 0.25) is 0 Å². The predicted molar refractivity (Wildman–Crippen MR) is 109 cm³/mol. The lowest BCUT2D eigenvalue weighted by molar-refractivity contribution is 0.191. The van der Waals surface area contributed by atoms with Gasteiger partial charge in [0.15, 0.2) is 0 Å². The molecule has 0 saturated carbocycles. The van der Waals surface area contributed by atoms with E-state index < -0.39 is 0 Å². The number of urea groups is 1. The van der Waals surface area contributed by atoms with Crippen molar-refractivity contribution in [2.24, 2.45) is 0 Å². The minimum absolute atomic E-state index is 0.0328. The summed E-state index contributed by atoms with van der Waals surface area (Å²) in [4.78, 5) is 14.7. The van der Waals surface area contributed by atoms with Crippen molar-refractivity contribution < 1.29 is 9.53 Å². The standard InChI is InChI=1S/C21H22N4O2S/c1-27-18-12-6-5-10-16(18)17-11-7-13-25(17)21(26)22-14-19-23-24-20(28-19)15-8-3-2-4-9-15/h2-6,8-10,12,17H,7,11,13-14H2,1H3,(H,22,26). The Morgan fingerprint density at radius 1 is 1.18 bits per heavy atom. The molecule has 1 N–H and O–H groups in total. The molecule has 4 rings (SSSR count). The first-order valence-electron chi connectivity index (χ1n) is 9.31. The van der Waals surface area contributed by atoms with Crippen molar-refractivity contribution in [2.75, 3.05) is 13.7 Å². The smallest absolute Gasteiger partial charge is 0.318 e. The first-order chi connectivity index (χ1) is 13.8. The lowest BCUT2D eigenvalue weighted by Gasteiger charge is -2.26. The highest BCUT2D eigenvalue weighted by atomic mass is 32.1. The number of nitrogens with zero attached hydrogens (tertiary/aromatic N) is 3. The fraction of sp³-hybridized carbons (Fsp3) is 0.286. The maximum absolute atomic E-state index is 12.8. The number of hydrogen-bond donors (Lipinski definition) is 1. The van der Waals surface area contributed by atoms with Crippen LogP contribution in [0.2, 0.25) is 0 Å². The van der Waals surface area contributed by atoms with Crippen LogP contribution in [0.4, 0.5) is 4.79 Å². The molecular formula is C21H22N4O2S. The fourth-order valence-corrected chi connectivity index (χ4v) is 4.33. The zero-order valence-electron chi connectivity index (χ0n) is 15.7. The second-order valence-corrected chi connectivity index (χ2v) is 7.68. The molecule has 2 aromatic carbocycles. The Balaban J connectivity index is 1.42. The van der Waals surface area contributed by atoms with Gasteiger partial charge >= 0.3 is 6.03 Å². The Bertz CT molecular complexity index is 944. The molecule has 2 heterocycles. The average molecular weight is 394 g/mol. The van der Waals surface area contributed by atoms with E-state index in [4.69, 9.17) is 4.74 Å². The molecule has 1 aliphatic heterocycles. The molecule has 144 valence electrons. The van der Waals surface area contributed by atoms with E-state index in [0.29, 0.717) is 6.54 Å². The molecule has 0 bridgehead atoms. The van der Waals surface area contributed by atoms with Crippen molar-refractivity contribution in [3.05, 3.63) is 65.2 Å². The highest BCUT2D eigenvalue weighted by molar-refractivity contribution is 7.14. The lowest BCUT2D eigenvalue weighted by atomic mass is 10.0. The number of methoxy groups -OCH3 is 1. The summed E-state index contributed by atoms with van der Waals surface area (Å²) in [6, 6.07) is 17.8. The van der Waals surface area contributed by atoms with Gasteiger partial charge in [0.1, 0.15) is 15.8 Å². The van der Waals surface area contributed by atoms with Gasteiger partial charge in [-0.3, -0.25) is 0 Å². The van der Waals surface area contributed by atoms with Crippen LogP contribution in [-0.2, 0) is 6.54 Å². The molecule has 1 unspecified atom stereocenters. The van der Waals surface area contributed by atoms with Crippen LogP contribution in [0.5, 0.6) is 5.75 Å². The van der Waals surface area contributed by atoms with Crippen LogP contribution in [0.3, 0.4) is 0 Å². The monoisotopic (exact) mass is 394 g/mol. The molecule has 1 atom stereocenters. The zero-order chi connectivity index (χ0) is 19.3. The molecule has 3 aromatic rings. The molecule has 0 spiro atoms. The molecule has 28 heavy (non-hydrogen) atoms. The Hall–Kier alpha value is -2.93. The number of rotatable bonds is 5. The number of amides is 2. The van der Waals surface area contributed by atoms with Crippen LogP contribution >= 0.6 is 11.3 Å². The van der Waals surface area contributed by atoms with Gasteiger partial charge in [0.05, 0.1) is 19.7 Å². The molecule has 1 aliphatic rings. The van der Waals surface area contributed by atoms with Crippen LogP contribution in [0.25, 0.3) is 10.6 Å². The third-order valence-electron chi connectivity index (χ3n) is 4.89. The number of para-hydroxylation sites is 1. The van der Waals surface area contributed by atoms with Gasteiger partial charge in [-0.05, 0) is 18.9 Å². The summed E-state index contributed by atoms with van der Waals surface area (Å²) >= 11 is 1.50. The Kier molecular flexibility index (Phi) is 5.53. The second-order valence-electron chi connectivity index (χ2n) is 6.62. The molecule has 1 fully saturated rings. The van der Waals surface area contributed by atoms with Gasteiger partial charge < -0.3 is 15.0 Å². The quantitative estimate of drug-likeness (QED) is 0.702. The fourth-order valence-electron chi connectivity index (χ4n) is 3.55. The Labute approximate surface area is 168 Å². The normalized spacial score (nSPS) is 16.2. The van der Waals surface area contributed by atoms with E-state index in [2.05, 4.69) is 15.5 Å². The maximum atomic E-state index is 12.8. The van der Waals surface area contributed by atoms with Crippen LogP contribution in [0.15, 0.2) is 54.6 Å². The van der Waals surface area contributed by atoms with Crippen molar-refractivity contribution in [1.29, 1.82) is 0 Å². The van der Waals surface area contributed by atoms with E-state index in [1.807, 2.05) is 59.5 Å². The van der Waals surface area contributed by atoms with Gasteiger partial charge in [-0.25, -0.2) is 4.79 Å². The number of benzene rings is 2. The van der Waals surface area contributed by atoms with Gasteiger partial charge in [-0.1, -0.05) is 59.9 Å². The largest absolute Gasteiger partial charge is 0.496 e. The highest BCUT2D eigenvalue weighted by Gasteiger charge is 2.31. The minimum Gasteiger partial charge on any atom is -0.496 e.